The standard InChI is InChI=1S/C23H17BrClN9O/c24-14-3-1-4-15(12-14)34-18-6-2-5-16(18)21(30-34)23(35)26-20-9-10-33(29-20)19-8-7-13(11-17(19)25)22-27-31-32-28-22/h1,3-4,7-12H,2,5-6H2,(H,26,29,35)(H,27,28,31,32). The fraction of sp³-hybridized carbons (Fsp3) is 0.130. The van der Waals surface area contributed by atoms with Gasteiger partial charge in [0.15, 0.2) is 11.5 Å². The van der Waals surface area contributed by atoms with E-state index in [1.165, 1.54) is 0 Å². The molecule has 0 fully saturated rings. The number of carbonyl (C=O) groups is 1. The second-order valence-corrected chi connectivity index (χ2v) is 9.34. The highest BCUT2D eigenvalue weighted by Gasteiger charge is 2.27. The van der Waals surface area contributed by atoms with E-state index in [0.717, 1.165) is 46.2 Å². The lowest BCUT2D eigenvalue weighted by Crippen LogP contribution is -2.15. The molecule has 12 heteroatoms. The summed E-state index contributed by atoms with van der Waals surface area (Å²) in [7, 11) is 0. The maximum Gasteiger partial charge on any atom is 0.277 e. The fourth-order valence-electron chi connectivity index (χ4n) is 4.26. The molecule has 0 radical (unpaired) electrons. The number of benzene rings is 2. The number of nitrogens with zero attached hydrogens (tertiary/aromatic N) is 7. The van der Waals surface area contributed by atoms with Gasteiger partial charge in [0.1, 0.15) is 0 Å². The van der Waals surface area contributed by atoms with Gasteiger partial charge in [-0.3, -0.25) is 4.79 Å². The first-order chi connectivity index (χ1) is 17.1. The third-order valence-electron chi connectivity index (χ3n) is 5.83. The van der Waals surface area contributed by atoms with Crippen LogP contribution in [0.1, 0.15) is 28.2 Å². The SMILES string of the molecule is O=C(Nc1ccn(-c2ccc(-c3nn[nH]n3)cc2Cl)n1)c1nn(-c2cccc(Br)c2)c2c1CCC2. The topological polar surface area (TPSA) is 119 Å². The molecule has 1 aliphatic rings. The van der Waals surface area contributed by atoms with Crippen LogP contribution in [0.3, 0.4) is 0 Å². The summed E-state index contributed by atoms with van der Waals surface area (Å²) >= 11 is 9.99. The highest BCUT2D eigenvalue weighted by Crippen LogP contribution is 2.30. The maximum absolute atomic E-state index is 13.2. The molecule has 6 rings (SSSR count). The molecule has 2 aromatic carbocycles. The Balaban J connectivity index is 1.25. The van der Waals surface area contributed by atoms with E-state index in [1.807, 2.05) is 35.0 Å². The molecule has 174 valence electrons. The number of anilines is 1. The Hall–Kier alpha value is -3.83. The fourth-order valence-corrected chi connectivity index (χ4v) is 4.91. The number of aromatic amines is 1. The van der Waals surface area contributed by atoms with Gasteiger partial charge in [0, 0.05) is 33.6 Å². The average molecular weight is 551 g/mol. The number of halogens is 2. The molecular weight excluding hydrogens is 534 g/mol. The number of nitrogens with one attached hydrogen (secondary N) is 2. The van der Waals surface area contributed by atoms with Crippen LogP contribution >= 0.6 is 27.5 Å². The van der Waals surface area contributed by atoms with Crippen LogP contribution in [0.4, 0.5) is 5.82 Å². The van der Waals surface area contributed by atoms with Gasteiger partial charge in [0.2, 0.25) is 5.82 Å². The van der Waals surface area contributed by atoms with E-state index in [-0.39, 0.29) is 5.91 Å². The molecule has 1 aliphatic carbocycles. The molecule has 0 unspecified atom stereocenters. The summed E-state index contributed by atoms with van der Waals surface area (Å²) in [6.07, 6.45) is 4.43. The zero-order chi connectivity index (χ0) is 23.9. The number of rotatable bonds is 5. The van der Waals surface area contributed by atoms with Gasteiger partial charge in [-0.05, 0) is 60.9 Å². The smallest absolute Gasteiger partial charge is 0.277 e. The molecule has 5 aromatic rings. The Kier molecular flexibility index (Phi) is 5.42. The second-order valence-electron chi connectivity index (χ2n) is 8.02. The first kappa shape index (κ1) is 21.7. The van der Waals surface area contributed by atoms with Gasteiger partial charge in [0.05, 0.1) is 16.4 Å². The largest absolute Gasteiger partial charge is 0.304 e. The number of fused-ring (bicyclic) bond motifs is 1. The summed E-state index contributed by atoms with van der Waals surface area (Å²) in [6, 6.07) is 15.0. The summed E-state index contributed by atoms with van der Waals surface area (Å²) in [4.78, 5) is 13.2. The number of carbonyl (C=O) groups excluding carboxylic acids is 1. The average Bonchev–Trinajstić information content (AvgIpc) is 3.64. The number of hydrogen-bond acceptors (Lipinski definition) is 6. The zero-order valence-corrected chi connectivity index (χ0v) is 20.5. The van der Waals surface area contributed by atoms with Crippen LogP contribution < -0.4 is 5.32 Å². The minimum atomic E-state index is -0.291. The highest BCUT2D eigenvalue weighted by molar-refractivity contribution is 9.10. The highest BCUT2D eigenvalue weighted by atomic mass is 79.9. The molecule has 0 spiro atoms. The third-order valence-corrected chi connectivity index (χ3v) is 6.62. The maximum atomic E-state index is 13.2. The van der Waals surface area contributed by atoms with Gasteiger partial charge >= 0.3 is 0 Å². The number of amides is 1. The Morgan fingerprint density at radius 1 is 1.11 bits per heavy atom. The Morgan fingerprint density at radius 2 is 2.03 bits per heavy atom. The van der Waals surface area contributed by atoms with Crippen LogP contribution in [0.25, 0.3) is 22.8 Å². The van der Waals surface area contributed by atoms with Gasteiger partial charge in [-0.1, -0.05) is 33.6 Å². The van der Waals surface area contributed by atoms with Crippen LogP contribution in [0.5, 0.6) is 0 Å². The quantitative estimate of drug-likeness (QED) is 0.335. The number of H-pyrrole nitrogens is 1. The van der Waals surface area contributed by atoms with E-state index < -0.39 is 0 Å². The normalized spacial score (nSPS) is 12.6. The van der Waals surface area contributed by atoms with E-state index in [0.29, 0.717) is 28.0 Å². The molecule has 0 bridgehead atoms. The van der Waals surface area contributed by atoms with Crippen molar-refractivity contribution in [3.05, 3.63) is 81.2 Å². The summed E-state index contributed by atoms with van der Waals surface area (Å²) in [6.45, 7) is 0. The van der Waals surface area contributed by atoms with Crippen molar-refractivity contribution in [2.75, 3.05) is 5.32 Å². The Morgan fingerprint density at radius 3 is 2.83 bits per heavy atom. The third kappa shape index (κ3) is 4.02. The van der Waals surface area contributed by atoms with Gasteiger partial charge in [-0.25, -0.2) is 9.36 Å². The molecule has 0 aliphatic heterocycles. The molecule has 10 nitrogen and oxygen atoms in total. The van der Waals surface area contributed by atoms with Crippen molar-refractivity contribution in [1.82, 2.24) is 40.2 Å². The molecule has 2 N–H and O–H groups in total. The molecule has 3 aromatic heterocycles. The van der Waals surface area contributed by atoms with Crippen molar-refractivity contribution < 1.29 is 4.79 Å². The summed E-state index contributed by atoms with van der Waals surface area (Å²) in [5, 5.41) is 26.4. The minimum Gasteiger partial charge on any atom is -0.304 e. The number of aromatic nitrogens is 8. The van der Waals surface area contributed by atoms with Crippen molar-refractivity contribution in [3.63, 3.8) is 0 Å². The van der Waals surface area contributed by atoms with Crippen LogP contribution in [-0.2, 0) is 12.8 Å². The van der Waals surface area contributed by atoms with E-state index in [4.69, 9.17) is 11.6 Å². The van der Waals surface area contributed by atoms with E-state index in [2.05, 4.69) is 52.1 Å². The van der Waals surface area contributed by atoms with Gasteiger partial charge < -0.3 is 5.32 Å². The van der Waals surface area contributed by atoms with Crippen molar-refractivity contribution in [2.24, 2.45) is 0 Å². The lowest BCUT2D eigenvalue weighted by atomic mass is 10.2. The monoisotopic (exact) mass is 549 g/mol. The molecule has 0 saturated carbocycles. The summed E-state index contributed by atoms with van der Waals surface area (Å²) in [5.74, 6) is 0.555. The summed E-state index contributed by atoms with van der Waals surface area (Å²) in [5.41, 5.74) is 4.78. The zero-order valence-electron chi connectivity index (χ0n) is 18.1. The predicted molar refractivity (Wildman–Crippen MR) is 133 cm³/mol. The van der Waals surface area contributed by atoms with E-state index in [1.54, 1.807) is 29.1 Å². The Labute approximate surface area is 212 Å². The Bertz CT molecular complexity index is 1560. The van der Waals surface area contributed by atoms with Crippen LogP contribution in [0.2, 0.25) is 5.02 Å². The number of hydrogen-bond donors (Lipinski definition) is 2. The van der Waals surface area contributed by atoms with Crippen molar-refractivity contribution in [3.8, 4) is 22.8 Å². The predicted octanol–water partition coefficient (Wildman–Crippen LogP) is 4.40. The number of tetrazole rings is 1. The van der Waals surface area contributed by atoms with Gasteiger partial charge in [-0.2, -0.15) is 10.3 Å². The molecule has 35 heavy (non-hydrogen) atoms. The van der Waals surface area contributed by atoms with Crippen molar-refractivity contribution in [1.29, 1.82) is 0 Å². The van der Waals surface area contributed by atoms with Crippen LogP contribution in [0, 0.1) is 0 Å². The van der Waals surface area contributed by atoms with Crippen LogP contribution in [0.15, 0.2) is 59.2 Å². The first-order valence-corrected chi connectivity index (χ1v) is 12.0. The first-order valence-electron chi connectivity index (χ1n) is 10.8. The van der Waals surface area contributed by atoms with E-state index >= 15 is 0 Å². The molecule has 3 heterocycles. The molecule has 0 atom stereocenters. The van der Waals surface area contributed by atoms with E-state index in [9.17, 15) is 4.79 Å². The summed E-state index contributed by atoms with van der Waals surface area (Å²) < 4.78 is 4.42. The van der Waals surface area contributed by atoms with Crippen molar-refractivity contribution >= 4 is 39.3 Å². The lowest BCUT2D eigenvalue weighted by Gasteiger charge is -2.06. The molecule has 0 saturated heterocycles. The second kappa shape index (κ2) is 8.75. The van der Waals surface area contributed by atoms with Crippen LogP contribution in [-0.4, -0.2) is 46.1 Å². The van der Waals surface area contributed by atoms with Gasteiger partial charge in [0.25, 0.3) is 5.91 Å². The van der Waals surface area contributed by atoms with Crippen molar-refractivity contribution in [2.45, 2.75) is 19.3 Å². The molecular formula is C23H17BrClN9O. The van der Waals surface area contributed by atoms with Gasteiger partial charge in [-0.15, -0.1) is 15.3 Å². The molecule has 1 amide bonds. The lowest BCUT2D eigenvalue weighted by molar-refractivity contribution is 0.102. The minimum absolute atomic E-state index is 0.291.